The van der Waals surface area contributed by atoms with Crippen LogP contribution in [0.3, 0.4) is 0 Å². The number of thioether (sulfide) groups is 1. The molecule has 0 amide bonds. The average Bonchev–Trinajstić information content (AvgIpc) is 2.31. The summed E-state index contributed by atoms with van der Waals surface area (Å²) in [6.45, 7) is 15.7. The molecular weight excluding hydrogens is 250 g/mol. The molecule has 0 bridgehead atoms. The van der Waals surface area contributed by atoms with E-state index in [2.05, 4.69) is 65.1 Å². The van der Waals surface area contributed by atoms with E-state index in [-0.39, 0.29) is 0 Å². The highest BCUT2D eigenvalue weighted by atomic mass is 32.2. The topological polar surface area (TPSA) is 12.0 Å². The first-order valence-corrected chi connectivity index (χ1v) is 8.25. The smallest absolute Gasteiger partial charge is 0.0208 e. The lowest BCUT2D eigenvalue weighted by Crippen LogP contribution is -2.19. The first-order chi connectivity index (χ1) is 8.90. The van der Waals surface area contributed by atoms with Gasteiger partial charge in [0.15, 0.2) is 0 Å². The van der Waals surface area contributed by atoms with Crippen molar-refractivity contribution in [1.82, 2.24) is 5.32 Å². The minimum absolute atomic E-state index is 0.671. The molecule has 108 valence electrons. The summed E-state index contributed by atoms with van der Waals surface area (Å²) < 4.78 is 0. The van der Waals surface area contributed by atoms with Gasteiger partial charge in [0, 0.05) is 16.7 Å². The Morgan fingerprint density at radius 2 is 1.79 bits per heavy atom. The fourth-order valence-corrected chi connectivity index (χ4v) is 2.88. The minimum Gasteiger partial charge on any atom is -0.312 e. The van der Waals surface area contributed by atoms with Gasteiger partial charge in [-0.1, -0.05) is 40.7 Å². The van der Waals surface area contributed by atoms with Crippen LogP contribution in [0.1, 0.15) is 45.7 Å². The molecule has 19 heavy (non-hydrogen) atoms. The molecule has 0 spiro atoms. The van der Waals surface area contributed by atoms with Crippen molar-refractivity contribution < 1.29 is 0 Å². The van der Waals surface area contributed by atoms with Crippen molar-refractivity contribution in [1.29, 1.82) is 0 Å². The lowest BCUT2D eigenvalue weighted by molar-refractivity contribution is 0.551. The Bertz CT molecular complexity index is 385. The summed E-state index contributed by atoms with van der Waals surface area (Å²) in [5.41, 5.74) is 2.82. The SMILES string of the molecule is Cc1cc(SC(C)C(C)C)ccc1CNCC(C)C. The normalized spacial score (nSPS) is 13.3. The molecule has 1 N–H and O–H groups in total. The largest absolute Gasteiger partial charge is 0.312 e. The quantitative estimate of drug-likeness (QED) is 0.714. The number of rotatable bonds is 7. The minimum atomic E-state index is 0.671. The molecule has 2 heteroatoms. The first kappa shape index (κ1) is 16.6. The van der Waals surface area contributed by atoms with E-state index in [1.807, 2.05) is 11.8 Å². The molecule has 0 aliphatic carbocycles. The standard InChI is InChI=1S/C17H29NS/c1-12(2)10-18-11-16-7-8-17(9-14(16)5)19-15(6)13(3)4/h7-9,12-13,15,18H,10-11H2,1-6H3. The second kappa shape index (κ2) is 7.96. The van der Waals surface area contributed by atoms with Gasteiger partial charge in [0.05, 0.1) is 0 Å². The molecule has 1 rings (SSSR count). The maximum absolute atomic E-state index is 3.51. The van der Waals surface area contributed by atoms with Gasteiger partial charge < -0.3 is 5.32 Å². The summed E-state index contributed by atoms with van der Waals surface area (Å²) in [7, 11) is 0. The van der Waals surface area contributed by atoms with E-state index in [4.69, 9.17) is 0 Å². The summed E-state index contributed by atoms with van der Waals surface area (Å²) >= 11 is 1.98. The molecule has 1 atom stereocenters. The van der Waals surface area contributed by atoms with Crippen LogP contribution in [0.25, 0.3) is 0 Å². The van der Waals surface area contributed by atoms with Crippen molar-refractivity contribution in [3.63, 3.8) is 0 Å². The Balaban J connectivity index is 2.59. The van der Waals surface area contributed by atoms with Gasteiger partial charge >= 0.3 is 0 Å². The number of hydrogen-bond acceptors (Lipinski definition) is 2. The molecular formula is C17H29NS. The van der Waals surface area contributed by atoms with E-state index in [9.17, 15) is 0 Å². The predicted octanol–water partition coefficient (Wildman–Crippen LogP) is 4.88. The predicted molar refractivity (Wildman–Crippen MR) is 87.9 cm³/mol. The molecule has 1 aromatic rings. The van der Waals surface area contributed by atoms with Crippen molar-refractivity contribution in [2.75, 3.05) is 6.54 Å². The number of aryl methyl sites for hydroxylation is 1. The summed E-state index contributed by atoms with van der Waals surface area (Å²) in [4.78, 5) is 1.39. The molecule has 0 saturated heterocycles. The van der Waals surface area contributed by atoms with Crippen LogP contribution < -0.4 is 5.32 Å². The van der Waals surface area contributed by atoms with E-state index < -0.39 is 0 Å². The van der Waals surface area contributed by atoms with Crippen LogP contribution in [0.5, 0.6) is 0 Å². The van der Waals surface area contributed by atoms with E-state index in [0.29, 0.717) is 11.2 Å². The van der Waals surface area contributed by atoms with Gasteiger partial charge in [-0.05, 0) is 48.6 Å². The van der Waals surface area contributed by atoms with Gasteiger partial charge in [-0.15, -0.1) is 11.8 Å². The van der Waals surface area contributed by atoms with Crippen LogP contribution in [-0.2, 0) is 6.54 Å². The maximum atomic E-state index is 3.51. The average molecular weight is 279 g/mol. The molecule has 1 aromatic carbocycles. The Labute approximate surface area is 123 Å². The van der Waals surface area contributed by atoms with Crippen molar-refractivity contribution in [2.24, 2.45) is 11.8 Å². The summed E-state index contributed by atoms with van der Waals surface area (Å²) in [6, 6.07) is 6.87. The van der Waals surface area contributed by atoms with Gasteiger partial charge in [0.1, 0.15) is 0 Å². The van der Waals surface area contributed by atoms with Crippen LogP contribution in [0.2, 0.25) is 0 Å². The van der Waals surface area contributed by atoms with Crippen LogP contribution in [0.15, 0.2) is 23.1 Å². The number of nitrogens with one attached hydrogen (secondary N) is 1. The van der Waals surface area contributed by atoms with Crippen LogP contribution in [-0.4, -0.2) is 11.8 Å². The Kier molecular flexibility index (Phi) is 6.95. The molecule has 0 aliphatic heterocycles. The summed E-state index contributed by atoms with van der Waals surface area (Å²) in [6.07, 6.45) is 0. The van der Waals surface area contributed by atoms with E-state index in [1.54, 1.807) is 0 Å². The monoisotopic (exact) mass is 279 g/mol. The first-order valence-electron chi connectivity index (χ1n) is 7.37. The van der Waals surface area contributed by atoms with Crippen LogP contribution in [0.4, 0.5) is 0 Å². The van der Waals surface area contributed by atoms with Gasteiger partial charge in [-0.3, -0.25) is 0 Å². The molecule has 0 heterocycles. The van der Waals surface area contributed by atoms with Gasteiger partial charge in [-0.2, -0.15) is 0 Å². The Morgan fingerprint density at radius 3 is 2.32 bits per heavy atom. The summed E-state index contributed by atoms with van der Waals surface area (Å²) in [5, 5.41) is 4.18. The van der Waals surface area contributed by atoms with Crippen molar-refractivity contribution in [3.05, 3.63) is 29.3 Å². The highest BCUT2D eigenvalue weighted by molar-refractivity contribution is 8.00. The van der Waals surface area contributed by atoms with E-state index in [1.165, 1.54) is 16.0 Å². The molecule has 0 saturated carbocycles. The van der Waals surface area contributed by atoms with Gasteiger partial charge in [0.25, 0.3) is 0 Å². The lowest BCUT2D eigenvalue weighted by atomic mass is 10.1. The third-order valence-electron chi connectivity index (χ3n) is 3.44. The number of hydrogen-bond donors (Lipinski definition) is 1. The zero-order valence-electron chi connectivity index (χ0n) is 13.3. The van der Waals surface area contributed by atoms with E-state index >= 15 is 0 Å². The third-order valence-corrected chi connectivity index (χ3v) is 4.89. The molecule has 1 nitrogen and oxygen atoms in total. The summed E-state index contributed by atoms with van der Waals surface area (Å²) in [5.74, 6) is 1.43. The molecule has 0 fully saturated rings. The second-order valence-electron chi connectivity index (χ2n) is 6.18. The fourth-order valence-electron chi connectivity index (χ4n) is 1.79. The highest BCUT2D eigenvalue weighted by Crippen LogP contribution is 2.29. The Morgan fingerprint density at radius 1 is 1.11 bits per heavy atom. The lowest BCUT2D eigenvalue weighted by Gasteiger charge is -2.16. The van der Waals surface area contributed by atoms with Crippen LogP contribution >= 0.6 is 11.8 Å². The fraction of sp³-hybridized carbons (Fsp3) is 0.647. The third kappa shape index (κ3) is 6.01. The van der Waals surface area contributed by atoms with Crippen molar-refractivity contribution in [3.8, 4) is 0 Å². The maximum Gasteiger partial charge on any atom is 0.0208 e. The number of benzene rings is 1. The zero-order valence-corrected chi connectivity index (χ0v) is 14.1. The van der Waals surface area contributed by atoms with Crippen molar-refractivity contribution in [2.45, 2.75) is 58.2 Å². The Hall–Kier alpha value is -0.470. The van der Waals surface area contributed by atoms with Gasteiger partial charge in [0.2, 0.25) is 0 Å². The van der Waals surface area contributed by atoms with Crippen molar-refractivity contribution >= 4 is 11.8 Å². The molecule has 0 aliphatic rings. The highest BCUT2D eigenvalue weighted by Gasteiger charge is 2.09. The molecule has 0 radical (unpaired) electrons. The van der Waals surface area contributed by atoms with Crippen LogP contribution in [0, 0.1) is 18.8 Å². The zero-order chi connectivity index (χ0) is 14.4. The second-order valence-corrected chi connectivity index (χ2v) is 7.63. The van der Waals surface area contributed by atoms with E-state index in [0.717, 1.165) is 19.0 Å². The molecule has 1 unspecified atom stereocenters. The molecule has 0 aromatic heterocycles. The van der Waals surface area contributed by atoms with Gasteiger partial charge in [-0.25, -0.2) is 0 Å².